The van der Waals surface area contributed by atoms with Crippen LogP contribution in [0.5, 0.6) is 0 Å². The summed E-state index contributed by atoms with van der Waals surface area (Å²) in [4.78, 5) is 23.5. The zero-order valence-corrected chi connectivity index (χ0v) is 11.8. The summed E-state index contributed by atoms with van der Waals surface area (Å²) < 4.78 is 0. The van der Waals surface area contributed by atoms with Gasteiger partial charge in [-0.15, -0.1) is 11.8 Å². The minimum Gasteiger partial charge on any atom is -0.481 e. The van der Waals surface area contributed by atoms with Crippen LogP contribution < -0.4 is 10.6 Å². The van der Waals surface area contributed by atoms with E-state index < -0.39 is 17.9 Å². The minimum absolute atomic E-state index is 0.125. The topological polar surface area (TPSA) is 78.4 Å². The van der Waals surface area contributed by atoms with Crippen LogP contribution >= 0.6 is 11.8 Å². The van der Waals surface area contributed by atoms with E-state index in [0.717, 1.165) is 4.90 Å². The van der Waals surface area contributed by atoms with E-state index in [0.29, 0.717) is 12.1 Å². The molecule has 19 heavy (non-hydrogen) atoms. The van der Waals surface area contributed by atoms with Crippen molar-refractivity contribution >= 4 is 29.4 Å². The van der Waals surface area contributed by atoms with E-state index in [2.05, 4.69) is 10.6 Å². The number of amides is 2. The van der Waals surface area contributed by atoms with Crippen LogP contribution in [0.15, 0.2) is 29.2 Å². The van der Waals surface area contributed by atoms with Crippen LogP contribution in [-0.4, -0.2) is 29.9 Å². The number of aliphatic carboxylic acids is 1. The molecule has 2 amide bonds. The Morgan fingerprint density at radius 3 is 2.74 bits per heavy atom. The summed E-state index contributed by atoms with van der Waals surface area (Å²) in [6, 6.07) is 7.06. The van der Waals surface area contributed by atoms with Crippen molar-refractivity contribution in [3.63, 3.8) is 0 Å². The van der Waals surface area contributed by atoms with Crippen molar-refractivity contribution in [3.05, 3.63) is 24.3 Å². The first-order valence-corrected chi connectivity index (χ1v) is 7.21. The maximum Gasteiger partial charge on any atom is 0.319 e. The zero-order valence-electron chi connectivity index (χ0n) is 11.0. The monoisotopic (exact) mass is 282 g/mol. The number of anilines is 1. The molecule has 6 heteroatoms. The Morgan fingerprint density at radius 2 is 2.16 bits per heavy atom. The second kappa shape index (κ2) is 7.68. The molecule has 0 aliphatic carbocycles. The lowest BCUT2D eigenvalue weighted by atomic mass is 10.1. The summed E-state index contributed by atoms with van der Waals surface area (Å²) in [5.41, 5.74) is 0.688. The van der Waals surface area contributed by atoms with Gasteiger partial charge in [-0.05, 0) is 30.9 Å². The number of urea groups is 1. The third-order valence-corrected chi connectivity index (χ3v) is 3.40. The molecule has 0 saturated carbocycles. The van der Waals surface area contributed by atoms with Gasteiger partial charge in [0.25, 0.3) is 0 Å². The van der Waals surface area contributed by atoms with Crippen LogP contribution in [0.1, 0.15) is 13.3 Å². The minimum atomic E-state index is -0.896. The fraction of sp³-hybridized carbons (Fsp3) is 0.385. The molecule has 0 aliphatic rings. The lowest BCUT2D eigenvalue weighted by Crippen LogP contribution is -2.35. The average Bonchev–Trinajstić information content (AvgIpc) is 2.39. The number of benzene rings is 1. The van der Waals surface area contributed by atoms with Gasteiger partial charge < -0.3 is 15.7 Å². The van der Waals surface area contributed by atoms with E-state index in [-0.39, 0.29) is 6.54 Å². The first-order chi connectivity index (χ1) is 9.06. The number of rotatable bonds is 6. The summed E-state index contributed by atoms with van der Waals surface area (Å²) >= 11 is 1.59. The van der Waals surface area contributed by atoms with E-state index >= 15 is 0 Å². The summed E-state index contributed by atoms with van der Waals surface area (Å²) in [6.07, 6.45) is 2.44. The molecule has 0 radical (unpaired) electrons. The highest BCUT2D eigenvalue weighted by molar-refractivity contribution is 7.98. The molecule has 104 valence electrons. The van der Waals surface area contributed by atoms with Gasteiger partial charge >= 0.3 is 12.0 Å². The van der Waals surface area contributed by atoms with Crippen molar-refractivity contribution in [1.82, 2.24) is 5.32 Å². The normalized spacial score (nSPS) is 11.7. The third-order valence-electron chi connectivity index (χ3n) is 2.68. The number of hydrogen-bond donors (Lipinski definition) is 3. The number of thioether (sulfide) groups is 1. The second-order valence-electron chi connectivity index (χ2n) is 4.01. The highest BCUT2D eigenvalue weighted by Crippen LogP contribution is 2.18. The van der Waals surface area contributed by atoms with E-state index in [1.807, 2.05) is 24.5 Å². The summed E-state index contributed by atoms with van der Waals surface area (Å²) in [7, 11) is 0. The largest absolute Gasteiger partial charge is 0.481 e. The zero-order chi connectivity index (χ0) is 14.3. The van der Waals surface area contributed by atoms with Crippen LogP contribution in [-0.2, 0) is 4.79 Å². The second-order valence-corrected chi connectivity index (χ2v) is 4.89. The van der Waals surface area contributed by atoms with Gasteiger partial charge in [0.2, 0.25) is 0 Å². The number of carbonyl (C=O) groups excluding carboxylic acids is 1. The number of nitrogens with one attached hydrogen (secondary N) is 2. The first-order valence-electron chi connectivity index (χ1n) is 5.98. The van der Waals surface area contributed by atoms with Gasteiger partial charge in [0.1, 0.15) is 0 Å². The van der Waals surface area contributed by atoms with Crippen molar-refractivity contribution in [1.29, 1.82) is 0 Å². The van der Waals surface area contributed by atoms with Crippen molar-refractivity contribution in [3.8, 4) is 0 Å². The summed E-state index contributed by atoms with van der Waals surface area (Å²) in [5, 5.41) is 14.1. The van der Waals surface area contributed by atoms with Gasteiger partial charge in [-0.3, -0.25) is 4.79 Å². The fourth-order valence-electron chi connectivity index (χ4n) is 1.50. The predicted octanol–water partition coefficient (Wildman–Crippen LogP) is 2.64. The Balaban J connectivity index is 2.48. The Hall–Kier alpha value is -1.69. The van der Waals surface area contributed by atoms with Crippen molar-refractivity contribution in [2.24, 2.45) is 5.92 Å². The molecule has 0 saturated heterocycles. The molecule has 1 aromatic carbocycles. The highest BCUT2D eigenvalue weighted by Gasteiger charge is 2.15. The molecule has 0 fully saturated rings. The lowest BCUT2D eigenvalue weighted by molar-refractivity contribution is -0.141. The maximum absolute atomic E-state index is 11.6. The Bertz CT molecular complexity index is 451. The molecule has 1 unspecified atom stereocenters. The fourth-order valence-corrected chi connectivity index (χ4v) is 1.96. The van der Waals surface area contributed by atoms with E-state index in [1.165, 1.54) is 0 Å². The van der Waals surface area contributed by atoms with Crippen molar-refractivity contribution in [2.75, 3.05) is 18.1 Å². The van der Waals surface area contributed by atoms with Gasteiger partial charge in [0.15, 0.2) is 0 Å². The van der Waals surface area contributed by atoms with Crippen LogP contribution in [0.4, 0.5) is 10.5 Å². The van der Waals surface area contributed by atoms with Gasteiger partial charge in [-0.2, -0.15) is 0 Å². The molecule has 1 aromatic rings. The van der Waals surface area contributed by atoms with Gasteiger partial charge in [-0.1, -0.05) is 13.0 Å². The molecule has 0 aliphatic heterocycles. The Kier molecular flexibility index (Phi) is 6.21. The molecule has 3 N–H and O–H groups in total. The van der Waals surface area contributed by atoms with Crippen molar-refractivity contribution < 1.29 is 14.7 Å². The van der Waals surface area contributed by atoms with Crippen LogP contribution in [0, 0.1) is 5.92 Å². The smallest absolute Gasteiger partial charge is 0.319 e. The molecule has 0 heterocycles. The quantitative estimate of drug-likeness (QED) is 0.701. The number of carboxylic acid groups (broad SMARTS) is 1. The summed E-state index contributed by atoms with van der Waals surface area (Å²) in [5.74, 6) is -1.45. The molecule has 1 atom stereocenters. The predicted molar refractivity (Wildman–Crippen MR) is 76.7 cm³/mol. The number of carboxylic acids is 1. The first kappa shape index (κ1) is 15.4. The maximum atomic E-state index is 11.6. The van der Waals surface area contributed by atoms with Gasteiger partial charge in [0, 0.05) is 17.1 Å². The lowest BCUT2D eigenvalue weighted by Gasteiger charge is -2.12. The van der Waals surface area contributed by atoms with Crippen LogP contribution in [0.25, 0.3) is 0 Å². The Labute approximate surface area is 116 Å². The van der Waals surface area contributed by atoms with Gasteiger partial charge in [-0.25, -0.2) is 4.79 Å². The van der Waals surface area contributed by atoms with Crippen LogP contribution in [0.2, 0.25) is 0 Å². The molecule has 0 bridgehead atoms. The number of carbonyl (C=O) groups is 2. The third kappa shape index (κ3) is 5.21. The number of hydrogen-bond acceptors (Lipinski definition) is 3. The van der Waals surface area contributed by atoms with Crippen LogP contribution in [0.3, 0.4) is 0 Å². The highest BCUT2D eigenvalue weighted by atomic mass is 32.2. The average molecular weight is 282 g/mol. The molecular formula is C13H18N2O3S. The molecule has 0 aromatic heterocycles. The van der Waals surface area contributed by atoms with E-state index in [4.69, 9.17) is 5.11 Å². The SMILES string of the molecule is CCC(CNC(=O)Nc1cccc(SC)c1)C(=O)O. The van der Waals surface area contributed by atoms with E-state index in [9.17, 15) is 9.59 Å². The standard InChI is InChI=1S/C13H18N2O3S/c1-3-9(12(16)17)8-14-13(18)15-10-5-4-6-11(7-10)19-2/h4-7,9H,3,8H2,1-2H3,(H,16,17)(H2,14,15,18). The van der Waals surface area contributed by atoms with E-state index in [1.54, 1.807) is 24.8 Å². The molecule has 0 spiro atoms. The molecule has 1 rings (SSSR count). The van der Waals surface area contributed by atoms with Gasteiger partial charge in [0.05, 0.1) is 5.92 Å². The molecular weight excluding hydrogens is 264 g/mol. The van der Waals surface area contributed by atoms with Crippen molar-refractivity contribution in [2.45, 2.75) is 18.2 Å². The molecule has 5 nitrogen and oxygen atoms in total. The summed E-state index contributed by atoms with van der Waals surface area (Å²) in [6.45, 7) is 1.90. The Morgan fingerprint density at radius 1 is 1.42 bits per heavy atom.